The van der Waals surface area contributed by atoms with Gasteiger partial charge in [-0.05, 0) is 6.42 Å². The van der Waals surface area contributed by atoms with Crippen LogP contribution in [0.5, 0.6) is 0 Å². The van der Waals surface area contributed by atoms with E-state index < -0.39 is 4.93 Å². The summed E-state index contributed by atoms with van der Waals surface area (Å²) in [6.45, 7) is 1.89. The number of hydrogen-bond donors (Lipinski definition) is 2. The van der Waals surface area contributed by atoms with E-state index in [0.717, 1.165) is 6.42 Å². The fourth-order valence-electron chi connectivity index (χ4n) is 0.405. The van der Waals surface area contributed by atoms with Crippen molar-refractivity contribution in [2.45, 2.75) is 24.7 Å². The smallest absolute Gasteiger partial charge is 0.195 e. The molecule has 0 saturated carbocycles. The molecule has 0 radical (unpaired) electrons. The zero-order chi connectivity index (χ0) is 6.62. The minimum absolute atomic E-state index is 0.423. The molecule has 0 fully saturated rings. The van der Waals surface area contributed by atoms with E-state index in [4.69, 9.17) is 10.4 Å². The van der Waals surface area contributed by atoms with E-state index in [1.165, 1.54) is 0 Å². The molecule has 1 N–H and O–H groups in total. The van der Waals surface area contributed by atoms with Crippen LogP contribution < -0.4 is 0 Å². The molecule has 0 aliphatic carbocycles. The van der Waals surface area contributed by atoms with Crippen LogP contribution in [0.1, 0.15) is 19.8 Å². The van der Waals surface area contributed by atoms with E-state index in [2.05, 4.69) is 12.6 Å². The average molecular weight is 131 g/mol. The Labute approximate surface area is 54.5 Å². The van der Waals surface area contributed by atoms with Crippen molar-refractivity contribution in [2.24, 2.45) is 0 Å². The minimum atomic E-state index is -1.41. The van der Waals surface area contributed by atoms with Gasteiger partial charge in [-0.15, -0.1) is 12.6 Å². The van der Waals surface area contributed by atoms with E-state index >= 15 is 0 Å². The summed E-state index contributed by atoms with van der Waals surface area (Å²) < 4.78 is 0. The zero-order valence-corrected chi connectivity index (χ0v) is 5.65. The Morgan fingerprint density at radius 1 is 1.88 bits per heavy atom. The highest BCUT2D eigenvalue weighted by Crippen LogP contribution is 2.14. The molecular formula is C5H9NOS. The van der Waals surface area contributed by atoms with E-state index in [0.29, 0.717) is 6.42 Å². The molecule has 8 heavy (non-hydrogen) atoms. The summed E-state index contributed by atoms with van der Waals surface area (Å²) in [6.07, 6.45) is 1.19. The maximum Gasteiger partial charge on any atom is 0.195 e. The molecule has 0 aromatic heterocycles. The Morgan fingerprint density at radius 3 is 2.50 bits per heavy atom. The second-order valence-corrected chi connectivity index (χ2v) is 2.42. The molecule has 0 amide bonds. The molecule has 0 saturated heterocycles. The Balaban J connectivity index is 3.59. The van der Waals surface area contributed by atoms with E-state index in [9.17, 15) is 0 Å². The summed E-state index contributed by atoms with van der Waals surface area (Å²) in [7, 11) is 0. The average Bonchev–Trinajstić information content (AvgIpc) is 1.67. The fourth-order valence-corrected chi connectivity index (χ4v) is 0.628. The molecule has 0 rings (SSSR count). The van der Waals surface area contributed by atoms with Gasteiger partial charge in [0.25, 0.3) is 0 Å². The van der Waals surface area contributed by atoms with Crippen molar-refractivity contribution in [1.82, 2.24) is 0 Å². The van der Waals surface area contributed by atoms with E-state index in [1.54, 1.807) is 6.07 Å². The maximum absolute atomic E-state index is 8.83. The first-order valence-corrected chi connectivity index (χ1v) is 2.93. The summed E-state index contributed by atoms with van der Waals surface area (Å²) in [4.78, 5) is -1.41. The van der Waals surface area contributed by atoms with Gasteiger partial charge in [0.05, 0.1) is 0 Å². The number of hydrogen-bond acceptors (Lipinski definition) is 3. The van der Waals surface area contributed by atoms with E-state index in [1.807, 2.05) is 6.92 Å². The third-order valence-electron chi connectivity index (χ3n) is 0.778. The Bertz CT molecular complexity index is 105. The van der Waals surface area contributed by atoms with Gasteiger partial charge in [0.2, 0.25) is 0 Å². The monoisotopic (exact) mass is 131 g/mol. The summed E-state index contributed by atoms with van der Waals surface area (Å²) in [5.74, 6) is 0. The van der Waals surface area contributed by atoms with E-state index in [-0.39, 0.29) is 0 Å². The van der Waals surface area contributed by atoms with Crippen LogP contribution in [-0.2, 0) is 0 Å². The summed E-state index contributed by atoms with van der Waals surface area (Å²) in [6, 6.07) is 1.66. The van der Waals surface area contributed by atoms with Gasteiger partial charge in [0.15, 0.2) is 4.93 Å². The highest BCUT2D eigenvalue weighted by molar-refractivity contribution is 7.81. The first-order chi connectivity index (χ1) is 3.62. The van der Waals surface area contributed by atoms with Crippen molar-refractivity contribution >= 4 is 12.6 Å². The third-order valence-corrected chi connectivity index (χ3v) is 1.10. The van der Waals surface area contributed by atoms with Crippen LogP contribution in [0.25, 0.3) is 0 Å². The molecule has 2 nitrogen and oxygen atoms in total. The van der Waals surface area contributed by atoms with Crippen LogP contribution in [0.4, 0.5) is 0 Å². The van der Waals surface area contributed by atoms with Crippen molar-refractivity contribution < 1.29 is 5.11 Å². The molecule has 0 aliphatic rings. The third kappa shape index (κ3) is 2.89. The number of rotatable bonds is 2. The Morgan fingerprint density at radius 2 is 2.38 bits per heavy atom. The Hall–Kier alpha value is -0.200. The molecule has 0 aromatic rings. The summed E-state index contributed by atoms with van der Waals surface area (Å²) >= 11 is 3.66. The van der Waals surface area contributed by atoms with Crippen LogP contribution in [0.2, 0.25) is 0 Å². The minimum Gasteiger partial charge on any atom is -0.367 e. The van der Waals surface area contributed by atoms with Crippen molar-refractivity contribution in [3.05, 3.63) is 0 Å². The van der Waals surface area contributed by atoms with Crippen molar-refractivity contribution in [3.63, 3.8) is 0 Å². The predicted molar refractivity (Wildman–Crippen MR) is 34.5 cm³/mol. The molecule has 0 spiro atoms. The molecule has 0 bridgehead atoms. The standard InChI is InChI=1S/C5H9NOS/c1-2-3-5(7,8)4-6/h7-8H,2-3H2,1H3. The summed E-state index contributed by atoms with van der Waals surface area (Å²) in [5.41, 5.74) is 0. The molecule has 1 unspecified atom stereocenters. The lowest BCUT2D eigenvalue weighted by Gasteiger charge is -2.09. The lowest BCUT2D eigenvalue weighted by Crippen LogP contribution is -2.16. The molecule has 0 aliphatic heterocycles. The maximum atomic E-state index is 8.83. The molecule has 46 valence electrons. The molecular weight excluding hydrogens is 122 g/mol. The van der Waals surface area contributed by atoms with Gasteiger partial charge in [-0.2, -0.15) is 5.26 Å². The normalized spacial score (nSPS) is 16.8. The highest BCUT2D eigenvalue weighted by atomic mass is 32.1. The van der Waals surface area contributed by atoms with Crippen molar-refractivity contribution in [2.75, 3.05) is 0 Å². The van der Waals surface area contributed by atoms with Crippen LogP contribution in [-0.4, -0.2) is 10.0 Å². The SMILES string of the molecule is CCCC(O)(S)C#N. The number of nitriles is 1. The van der Waals surface area contributed by atoms with Gasteiger partial charge >= 0.3 is 0 Å². The molecule has 1 atom stereocenters. The summed E-state index contributed by atoms with van der Waals surface area (Å²) in [5, 5.41) is 17.0. The van der Waals surface area contributed by atoms with Crippen molar-refractivity contribution in [3.8, 4) is 6.07 Å². The second-order valence-electron chi connectivity index (χ2n) is 1.68. The number of thiol groups is 1. The number of nitrogens with zero attached hydrogens (tertiary/aromatic N) is 1. The molecule has 3 heteroatoms. The zero-order valence-electron chi connectivity index (χ0n) is 4.76. The molecule has 0 aromatic carbocycles. The van der Waals surface area contributed by atoms with Gasteiger partial charge < -0.3 is 5.11 Å². The van der Waals surface area contributed by atoms with Gasteiger partial charge in [0, 0.05) is 0 Å². The predicted octanol–water partition coefficient (Wildman–Crippen LogP) is 0.928. The highest BCUT2D eigenvalue weighted by Gasteiger charge is 2.17. The largest absolute Gasteiger partial charge is 0.367 e. The van der Waals surface area contributed by atoms with Gasteiger partial charge in [0.1, 0.15) is 6.07 Å². The van der Waals surface area contributed by atoms with Crippen molar-refractivity contribution in [1.29, 1.82) is 5.26 Å². The van der Waals surface area contributed by atoms with Crippen LogP contribution in [0.15, 0.2) is 0 Å². The number of aliphatic hydroxyl groups is 1. The first-order valence-electron chi connectivity index (χ1n) is 2.48. The Kier molecular flexibility index (Phi) is 2.88. The quantitative estimate of drug-likeness (QED) is 0.332. The van der Waals surface area contributed by atoms with Crippen LogP contribution >= 0.6 is 12.6 Å². The van der Waals surface area contributed by atoms with Crippen LogP contribution in [0, 0.1) is 11.3 Å². The van der Waals surface area contributed by atoms with Crippen LogP contribution in [0.3, 0.4) is 0 Å². The first kappa shape index (κ1) is 7.80. The second kappa shape index (κ2) is 2.95. The van der Waals surface area contributed by atoms with Gasteiger partial charge in [-0.3, -0.25) is 0 Å². The lowest BCUT2D eigenvalue weighted by molar-refractivity contribution is 0.186. The van der Waals surface area contributed by atoms with Gasteiger partial charge in [-0.1, -0.05) is 13.3 Å². The topological polar surface area (TPSA) is 44.0 Å². The molecule has 0 heterocycles. The van der Waals surface area contributed by atoms with Gasteiger partial charge in [-0.25, -0.2) is 0 Å². The lowest BCUT2D eigenvalue weighted by atomic mass is 10.2. The fraction of sp³-hybridized carbons (Fsp3) is 0.800.